The number of nitrogens with one attached hydrogen (secondary N) is 1. The molecule has 0 aromatic heterocycles. The molecule has 2 bridgehead atoms. The van der Waals surface area contributed by atoms with Crippen LogP contribution in [0.5, 0.6) is 0 Å². The molecule has 1 saturated heterocycles. The first-order valence-corrected chi connectivity index (χ1v) is 7.42. The normalized spacial score (nSPS) is 35.0. The van der Waals surface area contributed by atoms with Crippen molar-refractivity contribution in [1.82, 2.24) is 10.2 Å². The number of hydrogen-bond acceptors (Lipinski definition) is 4. The Morgan fingerprint density at radius 1 is 1.45 bits per heavy atom. The number of carbonyl (C=O) groups is 2. The number of hydrogen-bond donors (Lipinski definition) is 1. The Morgan fingerprint density at radius 2 is 2.20 bits per heavy atom. The first kappa shape index (κ1) is 13.7. The Morgan fingerprint density at radius 3 is 2.85 bits per heavy atom. The van der Waals surface area contributed by atoms with Gasteiger partial charge in [0, 0.05) is 12.1 Å². The van der Waals surface area contributed by atoms with Crippen LogP contribution >= 0.6 is 0 Å². The molecule has 3 saturated carbocycles. The maximum Gasteiger partial charge on any atom is 0.407 e. The Balaban J connectivity index is 1.46. The van der Waals surface area contributed by atoms with Gasteiger partial charge in [0.05, 0.1) is 18.8 Å². The zero-order valence-electron chi connectivity index (χ0n) is 11.9. The fourth-order valence-corrected chi connectivity index (χ4v) is 3.73. The summed E-state index contributed by atoms with van der Waals surface area (Å²) in [4.78, 5) is 25.5. The summed E-state index contributed by atoms with van der Waals surface area (Å²) in [6, 6.07) is 0. The molecule has 4 rings (SSSR count). The van der Waals surface area contributed by atoms with Crippen molar-refractivity contribution in [3.05, 3.63) is 0 Å². The van der Waals surface area contributed by atoms with Gasteiger partial charge in [-0.3, -0.25) is 4.79 Å². The van der Waals surface area contributed by atoms with Gasteiger partial charge in [-0.05, 0) is 25.7 Å². The van der Waals surface area contributed by atoms with Gasteiger partial charge < -0.3 is 19.7 Å². The molecule has 0 atom stereocenters. The van der Waals surface area contributed by atoms with Crippen LogP contribution in [0.3, 0.4) is 0 Å². The van der Waals surface area contributed by atoms with E-state index in [4.69, 9.17) is 9.47 Å². The Kier molecular flexibility index (Phi) is 3.36. The summed E-state index contributed by atoms with van der Waals surface area (Å²) < 4.78 is 10.3. The number of unbranched alkanes of at least 4 members (excludes halogenated alkanes) is 1. The lowest BCUT2D eigenvalue weighted by molar-refractivity contribution is -0.201. The van der Waals surface area contributed by atoms with Gasteiger partial charge in [-0.25, -0.2) is 4.79 Å². The van der Waals surface area contributed by atoms with E-state index in [2.05, 4.69) is 12.2 Å². The lowest BCUT2D eigenvalue weighted by Gasteiger charge is -2.73. The van der Waals surface area contributed by atoms with E-state index in [1.165, 1.54) is 0 Å². The standard InChI is InChI=1S/C14H22N2O4/c1-2-3-5-20-12(18)15-13-8-14(9-13,10-13)16-4-6-19-7-11(16)17/h2-10H2,1H3,(H,15,18). The van der Waals surface area contributed by atoms with Gasteiger partial charge in [0.25, 0.3) is 0 Å². The third-order valence-electron chi connectivity index (χ3n) is 4.66. The minimum absolute atomic E-state index is 0.0163. The second-order valence-electron chi connectivity index (χ2n) is 6.25. The maximum atomic E-state index is 11.8. The highest BCUT2D eigenvalue weighted by Crippen LogP contribution is 2.63. The van der Waals surface area contributed by atoms with E-state index >= 15 is 0 Å². The van der Waals surface area contributed by atoms with Crippen molar-refractivity contribution in [2.45, 2.75) is 50.1 Å². The minimum atomic E-state index is -0.319. The Labute approximate surface area is 118 Å². The number of amides is 2. The molecule has 0 spiro atoms. The molecule has 0 radical (unpaired) electrons. The van der Waals surface area contributed by atoms with E-state index in [-0.39, 0.29) is 29.7 Å². The van der Waals surface area contributed by atoms with E-state index in [1.807, 2.05) is 4.90 Å². The summed E-state index contributed by atoms with van der Waals surface area (Å²) in [5.74, 6) is 0.0788. The predicted octanol–water partition coefficient (Wildman–Crippen LogP) is 1.05. The fourth-order valence-electron chi connectivity index (χ4n) is 3.73. The Hall–Kier alpha value is -1.30. The molecule has 0 aromatic rings. The molecule has 6 heteroatoms. The molecule has 3 aliphatic carbocycles. The van der Waals surface area contributed by atoms with Gasteiger partial charge in [0.15, 0.2) is 0 Å². The molecule has 0 unspecified atom stereocenters. The maximum absolute atomic E-state index is 11.8. The lowest BCUT2D eigenvalue weighted by Crippen LogP contribution is -2.84. The molecule has 6 nitrogen and oxygen atoms in total. The third-order valence-corrected chi connectivity index (χ3v) is 4.66. The molecular weight excluding hydrogens is 260 g/mol. The zero-order chi connectivity index (χ0) is 14.2. The molecular formula is C14H22N2O4. The lowest BCUT2D eigenvalue weighted by atomic mass is 9.43. The van der Waals surface area contributed by atoms with Crippen LogP contribution in [0.4, 0.5) is 4.79 Å². The number of rotatable bonds is 5. The van der Waals surface area contributed by atoms with Gasteiger partial charge in [0.2, 0.25) is 5.91 Å². The van der Waals surface area contributed by atoms with Crippen LogP contribution in [0.25, 0.3) is 0 Å². The SMILES string of the molecule is CCCCOC(=O)NC12CC(N3CCOCC3=O)(C1)C2. The zero-order valence-corrected chi connectivity index (χ0v) is 11.9. The van der Waals surface area contributed by atoms with E-state index < -0.39 is 0 Å². The van der Waals surface area contributed by atoms with Crippen molar-refractivity contribution in [2.75, 3.05) is 26.4 Å². The molecule has 2 amide bonds. The van der Waals surface area contributed by atoms with Crippen LogP contribution in [0.1, 0.15) is 39.0 Å². The second-order valence-corrected chi connectivity index (χ2v) is 6.25. The number of alkyl carbamates (subject to hydrolysis) is 1. The van der Waals surface area contributed by atoms with Gasteiger partial charge in [-0.1, -0.05) is 13.3 Å². The molecule has 20 heavy (non-hydrogen) atoms. The first-order chi connectivity index (χ1) is 9.59. The molecule has 112 valence electrons. The van der Waals surface area contributed by atoms with Gasteiger partial charge >= 0.3 is 6.09 Å². The summed E-state index contributed by atoms with van der Waals surface area (Å²) in [6.45, 7) is 4.03. The average molecular weight is 282 g/mol. The van der Waals surface area contributed by atoms with Gasteiger partial charge in [-0.2, -0.15) is 0 Å². The number of carbonyl (C=O) groups excluding carboxylic acids is 2. The molecule has 1 heterocycles. The summed E-state index contributed by atoms with van der Waals surface area (Å²) in [6.07, 6.45) is 4.16. The molecule has 1 aliphatic heterocycles. The predicted molar refractivity (Wildman–Crippen MR) is 71.2 cm³/mol. The summed E-state index contributed by atoms with van der Waals surface area (Å²) in [7, 11) is 0. The van der Waals surface area contributed by atoms with Crippen molar-refractivity contribution in [3.8, 4) is 0 Å². The van der Waals surface area contributed by atoms with E-state index in [0.717, 1.165) is 32.1 Å². The monoisotopic (exact) mass is 282 g/mol. The fraction of sp³-hybridized carbons (Fsp3) is 0.857. The molecule has 4 fully saturated rings. The van der Waals surface area contributed by atoms with Crippen molar-refractivity contribution < 1.29 is 19.1 Å². The van der Waals surface area contributed by atoms with Crippen LogP contribution in [0.15, 0.2) is 0 Å². The summed E-state index contributed by atoms with van der Waals surface area (Å²) in [5.41, 5.74) is -0.139. The molecule has 0 aromatic carbocycles. The minimum Gasteiger partial charge on any atom is -0.450 e. The van der Waals surface area contributed by atoms with E-state index in [1.54, 1.807) is 0 Å². The largest absolute Gasteiger partial charge is 0.450 e. The summed E-state index contributed by atoms with van der Waals surface area (Å²) in [5, 5.41) is 2.97. The van der Waals surface area contributed by atoms with E-state index in [9.17, 15) is 9.59 Å². The average Bonchev–Trinajstić information content (AvgIpc) is 2.33. The van der Waals surface area contributed by atoms with Crippen LogP contribution in [0.2, 0.25) is 0 Å². The van der Waals surface area contributed by atoms with E-state index in [0.29, 0.717) is 19.8 Å². The number of morpholine rings is 1. The highest BCUT2D eigenvalue weighted by molar-refractivity contribution is 5.80. The van der Waals surface area contributed by atoms with Crippen molar-refractivity contribution >= 4 is 12.0 Å². The van der Waals surface area contributed by atoms with Crippen molar-refractivity contribution in [2.24, 2.45) is 0 Å². The second kappa shape index (κ2) is 4.91. The molecule has 1 N–H and O–H groups in total. The first-order valence-electron chi connectivity index (χ1n) is 7.42. The molecule has 4 aliphatic rings. The topological polar surface area (TPSA) is 67.9 Å². The van der Waals surface area contributed by atoms with Gasteiger partial charge in [0.1, 0.15) is 6.61 Å². The number of nitrogens with zero attached hydrogens (tertiary/aromatic N) is 1. The highest BCUT2D eigenvalue weighted by atomic mass is 16.5. The van der Waals surface area contributed by atoms with Crippen LogP contribution in [-0.2, 0) is 14.3 Å². The smallest absolute Gasteiger partial charge is 0.407 e. The van der Waals surface area contributed by atoms with Crippen LogP contribution < -0.4 is 5.32 Å². The quantitative estimate of drug-likeness (QED) is 0.765. The van der Waals surface area contributed by atoms with Crippen molar-refractivity contribution in [3.63, 3.8) is 0 Å². The van der Waals surface area contributed by atoms with Gasteiger partial charge in [-0.15, -0.1) is 0 Å². The summed E-state index contributed by atoms with van der Waals surface area (Å²) >= 11 is 0. The third kappa shape index (κ3) is 2.16. The van der Waals surface area contributed by atoms with Crippen LogP contribution in [0, 0.1) is 0 Å². The Bertz CT molecular complexity index is 404. The number of ether oxygens (including phenoxy) is 2. The van der Waals surface area contributed by atoms with Crippen molar-refractivity contribution in [1.29, 1.82) is 0 Å². The highest BCUT2D eigenvalue weighted by Gasteiger charge is 2.72. The van der Waals surface area contributed by atoms with Crippen LogP contribution in [-0.4, -0.2) is 54.3 Å².